The van der Waals surface area contributed by atoms with E-state index in [0.717, 1.165) is 27.7 Å². The normalized spacial score (nSPS) is 11.3. The summed E-state index contributed by atoms with van der Waals surface area (Å²) in [5, 5.41) is 7.71. The molecule has 4 aromatic rings. The van der Waals surface area contributed by atoms with Crippen LogP contribution in [0.5, 0.6) is 0 Å². The lowest BCUT2D eigenvalue weighted by Gasteiger charge is -2.04. The second kappa shape index (κ2) is 5.85. The third kappa shape index (κ3) is 2.74. The topological polar surface area (TPSA) is 50.2 Å². The number of benzene rings is 2. The predicted molar refractivity (Wildman–Crippen MR) is 94.7 cm³/mol. The highest BCUT2D eigenvalue weighted by Crippen LogP contribution is 2.23. The van der Waals surface area contributed by atoms with E-state index in [9.17, 15) is 0 Å². The number of pyridine rings is 2. The maximum Gasteiger partial charge on any atom is 0.146 e. The van der Waals surface area contributed by atoms with Gasteiger partial charge >= 0.3 is 0 Å². The van der Waals surface area contributed by atoms with E-state index >= 15 is 0 Å². The van der Waals surface area contributed by atoms with Crippen LogP contribution in [0.1, 0.15) is 5.56 Å². The summed E-state index contributed by atoms with van der Waals surface area (Å²) in [6, 6.07) is 20.1. The quantitative estimate of drug-likeness (QED) is 0.350. The van der Waals surface area contributed by atoms with Crippen molar-refractivity contribution in [2.24, 2.45) is 5.10 Å². The summed E-state index contributed by atoms with van der Waals surface area (Å²) in [5.74, 6) is 0.719. The standard InChI is InChI=1S/C19H14N4/c1-2-6-16-15(5-1)13-21-18-9-8-14(11-17(16)18)12-22-23-19-7-3-4-10-20-19/h1-13H,(H,20,23). The second-order valence-corrected chi connectivity index (χ2v) is 5.21. The third-order valence-electron chi connectivity index (χ3n) is 3.67. The number of nitrogens with zero attached hydrogens (tertiary/aromatic N) is 3. The van der Waals surface area contributed by atoms with Crippen molar-refractivity contribution >= 4 is 33.7 Å². The first-order chi connectivity index (χ1) is 11.4. The highest BCUT2D eigenvalue weighted by atomic mass is 15.3. The summed E-state index contributed by atoms with van der Waals surface area (Å²) in [4.78, 5) is 8.67. The van der Waals surface area contributed by atoms with Crippen LogP contribution in [0.3, 0.4) is 0 Å². The maximum absolute atomic E-state index is 4.51. The van der Waals surface area contributed by atoms with Crippen molar-refractivity contribution in [2.75, 3.05) is 5.43 Å². The number of hydrazone groups is 1. The molecule has 4 heteroatoms. The Labute approximate surface area is 133 Å². The van der Waals surface area contributed by atoms with E-state index in [1.807, 2.05) is 48.7 Å². The van der Waals surface area contributed by atoms with Crippen LogP contribution < -0.4 is 5.43 Å². The minimum Gasteiger partial charge on any atom is -0.261 e. The van der Waals surface area contributed by atoms with E-state index < -0.39 is 0 Å². The number of aromatic nitrogens is 2. The molecule has 0 fully saturated rings. The highest BCUT2D eigenvalue weighted by molar-refractivity contribution is 6.06. The molecule has 0 radical (unpaired) electrons. The molecule has 2 aromatic heterocycles. The van der Waals surface area contributed by atoms with Gasteiger partial charge in [0.1, 0.15) is 5.82 Å². The number of anilines is 1. The molecule has 0 amide bonds. The van der Waals surface area contributed by atoms with Gasteiger partial charge in [-0.3, -0.25) is 10.4 Å². The third-order valence-corrected chi connectivity index (χ3v) is 3.67. The average Bonchev–Trinajstić information content (AvgIpc) is 2.62. The smallest absolute Gasteiger partial charge is 0.146 e. The van der Waals surface area contributed by atoms with Gasteiger partial charge in [0.05, 0.1) is 11.7 Å². The van der Waals surface area contributed by atoms with Crippen LogP contribution >= 0.6 is 0 Å². The molecule has 0 atom stereocenters. The van der Waals surface area contributed by atoms with Crippen molar-refractivity contribution in [1.29, 1.82) is 0 Å². The Morgan fingerprint density at radius 1 is 0.870 bits per heavy atom. The molecule has 110 valence electrons. The van der Waals surface area contributed by atoms with Crippen molar-refractivity contribution < 1.29 is 0 Å². The predicted octanol–water partition coefficient (Wildman–Crippen LogP) is 4.23. The molecule has 4 nitrogen and oxygen atoms in total. The van der Waals surface area contributed by atoms with Crippen LogP contribution in [0.4, 0.5) is 5.82 Å². The SMILES string of the molecule is C(=NNc1ccccn1)c1ccc2ncc3ccccc3c2c1. The van der Waals surface area contributed by atoms with Gasteiger partial charge in [-0.05, 0) is 35.2 Å². The second-order valence-electron chi connectivity index (χ2n) is 5.21. The van der Waals surface area contributed by atoms with Crippen molar-refractivity contribution in [1.82, 2.24) is 9.97 Å². The van der Waals surface area contributed by atoms with Gasteiger partial charge in [0.2, 0.25) is 0 Å². The lowest BCUT2D eigenvalue weighted by molar-refractivity contribution is 1.23. The largest absolute Gasteiger partial charge is 0.261 e. The average molecular weight is 298 g/mol. The molecule has 0 unspecified atom stereocenters. The summed E-state index contributed by atoms with van der Waals surface area (Å²) in [5.41, 5.74) is 4.92. The zero-order valence-electron chi connectivity index (χ0n) is 12.3. The van der Waals surface area contributed by atoms with Gasteiger partial charge in [0.25, 0.3) is 0 Å². The molecular formula is C19H14N4. The zero-order chi connectivity index (χ0) is 15.5. The summed E-state index contributed by atoms with van der Waals surface area (Å²) in [6.45, 7) is 0. The molecule has 2 heterocycles. The van der Waals surface area contributed by atoms with Crippen LogP contribution in [0.25, 0.3) is 21.7 Å². The maximum atomic E-state index is 4.51. The van der Waals surface area contributed by atoms with Gasteiger partial charge in [-0.15, -0.1) is 0 Å². The molecule has 0 bridgehead atoms. The number of fused-ring (bicyclic) bond motifs is 3. The number of hydrogen-bond acceptors (Lipinski definition) is 4. The Hall–Kier alpha value is -3.27. The molecule has 0 aliphatic carbocycles. The van der Waals surface area contributed by atoms with Crippen molar-refractivity contribution in [3.63, 3.8) is 0 Å². The van der Waals surface area contributed by atoms with Crippen molar-refractivity contribution in [3.8, 4) is 0 Å². The van der Waals surface area contributed by atoms with E-state index in [4.69, 9.17) is 0 Å². The molecule has 1 N–H and O–H groups in total. The van der Waals surface area contributed by atoms with E-state index in [1.54, 1.807) is 12.4 Å². The van der Waals surface area contributed by atoms with Gasteiger partial charge in [-0.25, -0.2) is 4.98 Å². The van der Waals surface area contributed by atoms with Gasteiger partial charge in [0.15, 0.2) is 0 Å². The van der Waals surface area contributed by atoms with Gasteiger partial charge in [-0.1, -0.05) is 36.4 Å². The minimum absolute atomic E-state index is 0.719. The lowest BCUT2D eigenvalue weighted by Crippen LogP contribution is -1.93. The van der Waals surface area contributed by atoms with Gasteiger partial charge in [0, 0.05) is 23.2 Å². The number of rotatable bonds is 3. The molecule has 0 aliphatic rings. The monoisotopic (exact) mass is 298 g/mol. The molecule has 0 saturated heterocycles. The summed E-state index contributed by atoms with van der Waals surface area (Å²) in [7, 11) is 0. The zero-order valence-corrected chi connectivity index (χ0v) is 12.3. The number of hydrogen-bond donors (Lipinski definition) is 1. The van der Waals surface area contributed by atoms with Crippen LogP contribution in [0, 0.1) is 0 Å². The summed E-state index contributed by atoms with van der Waals surface area (Å²) >= 11 is 0. The van der Waals surface area contributed by atoms with Crippen molar-refractivity contribution in [2.45, 2.75) is 0 Å². The molecule has 2 aromatic carbocycles. The van der Waals surface area contributed by atoms with E-state index in [0.29, 0.717) is 0 Å². The lowest BCUT2D eigenvalue weighted by atomic mass is 10.0. The molecule has 4 rings (SSSR count). The molecule has 23 heavy (non-hydrogen) atoms. The van der Waals surface area contributed by atoms with Crippen LogP contribution in [0.15, 0.2) is 78.2 Å². The first-order valence-corrected chi connectivity index (χ1v) is 7.38. The molecule has 0 spiro atoms. The van der Waals surface area contributed by atoms with E-state index in [1.165, 1.54) is 5.39 Å². The van der Waals surface area contributed by atoms with Crippen LogP contribution in [0.2, 0.25) is 0 Å². The fraction of sp³-hybridized carbons (Fsp3) is 0. The highest BCUT2D eigenvalue weighted by Gasteiger charge is 2.01. The summed E-state index contributed by atoms with van der Waals surface area (Å²) < 4.78 is 0. The van der Waals surface area contributed by atoms with Crippen LogP contribution in [-0.2, 0) is 0 Å². The fourth-order valence-electron chi connectivity index (χ4n) is 2.56. The van der Waals surface area contributed by atoms with Crippen LogP contribution in [-0.4, -0.2) is 16.2 Å². The number of nitrogens with one attached hydrogen (secondary N) is 1. The Bertz CT molecular complexity index is 994. The minimum atomic E-state index is 0.719. The molecule has 0 saturated carbocycles. The van der Waals surface area contributed by atoms with E-state index in [2.05, 4.69) is 38.7 Å². The van der Waals surface area contributed by atoms with Gasteiger partial charge in [-0.2, -0.15) is 5.10 Å². The summed E-state index contributed by atoms with van der Waals surface area (Å²) in [6.07, 6.45) is 5.43. The first kappa shape index (κ1) is 13.4. The molecular weight excluding hydrogens is 284 g/mol. The Balaban J connectivity index is 1.69. The Kier molecular flexibility index (Phi) is 3.41. The Morgan fingerprint density at radius 3 is 2.70 bits per heavy atom. The van der Waals surface area contributed by atoms with E-state index in [-0.39, 0.29) is 0 Å². The fourth-order valence-corrected chi connectivity index (χ4v) is 2.56. The van der Waals surface area contributed by atoms with Gasteiger partial charge < -0.3 is 0 Å². The molecule has 0 aliphatic heterocycles. The van der Waals surface area contributed by atoms with Crippen molar-refractivity contribution in [3.05, 3.63) is 78.6 Å². The Morgan fingerprint density at radius 2 is 1.78 bits per heavy atom. The first-order valence-electron chi connectivity index (χ1n) is 7.38.